The van der Waals surface area contributed by atoms with Gasteiger partial charge in [-0.3, -0.25) is 9.89 Å². The summed E-state index contributed by atoms with van der Waals surface area (Å²) in [6, 6.07) is 1.83. The average molecular weight is 389 g/mol. The van der Waals surface area contributed by atoms with Gasteiger partial charge < -0.3 is 19.8 Å². The molecule has 1 fully saturated rings. The molecule has 2 aromatic heterocycles. The molecular formula is C19H27N5O4. The standard InChI is InChI=1S/C19H27N5O4/c1-3-4-7-20-19(26)28-14-6-5-13(8-14)16-10-17(24-23-16)22-18(25)9-15-11-21-12(2)27-15/h10-11,13-14H,3-9H2,1-2H3,(H,20,26)(H2,22,23,24,25)/t13-,14+/m0/s1. The van der Waals surface area contributed by atoms with E-state index in [1.54, 1.807) is 13.1 Å². The Morgan fingerprint density at radius 2 is 2.25 bits per heavy atom. The van der Waals surface area contributed by atoms with Gasteiger partial charge in [0, 0.05) is 31.1 Å². The van der Waals surface area contributed by atoms with Crippen LogP contribution in [0.1, 0.15) is 62.3 Å². The largest absolute Gasteiger partial charge is 0.446 e. The van der Waals surface area contributed by atoms with Crippen LogP contribution in [0.2, 0.25) is 0 Å². The number of rotatable bonds is 8. The lowest BCUT2D eigenvalue weighted by molar-refractivity contribution is -0.115. The molecule has 0 aliphatic heterocycles. The van der Waals surface area contributed by atoms with E-state index in [0.717, 1.165) is 37.8 Å². The monoisotopic (exact) mass is 389 g/mol. The molecular weight excluding hydrogens is 362 g/mol. The molecule has 152 valence electrons. The maximum atomic E-state index is 12.1. The van der Waals surface area contributed by atoms with Crippen LogP contribution < -0.4 is 10.6 Å². The molecule has 2 amide bonds. The summed E-state index contributed by atoms with van der Waals surface area (Å²) >= 11 is 0. The van der Waals surface area contributed by atoms with E-state index in [9.17, 15) is 9.59 Å². The highest BCUT2D eigenvalue weighted by atomic mass is 16.6. The van der Waals surface area contributed by atoms with Crippen LogP contribution in [0.25, 0.3) is 0 Å². The number of aromatic amines is 1. The van der Waals surface area contributed by atoms with Crippen molar-refractivity contribution in [3.63, 3.8) is 0 Å². The predicted molar refractivity (Wildman–Crippen MR) is 102 cm³/mol. The second-order valence-electron chi connectivity index (χ2n) is 7.10. The van der Waals surface area contributed by atoms with Gasteiger partial charge in [0.15, 0.2) is 11.7 Å². The summed E-state index contributed by atoms with van der Waals surface area (Å²) in [5, 5.41) is 12.7. The van der Waals surface area contributed by atoms with Crippen LogP contribution in [-0.4, -0.2) is 39.8 Å². The average Bonchev–Trinajstić information content (AvgIpc) is 3.37. The van der Waals surface area contributed by atoms with Crippen molar-refractivity contribution in [2.75, 3.05) is 11.9 Å². The third kappa shape index (κ3) is 5.58. The highest BCUT2D eigenvalue weighted by molar-refractivity contribution is 5.91. The van der Waals surface area contributed by atoms with Gasteiger partial charge in [-0.25, -0.2) is 9.78 Å². The van der Waals surface area contributed by atoms with Gasteiger partial charge >= 0.3 is 6.09 Å². The molecule has 1 aliphatic rings. The molecule has 0 bridgehead atoms. The number of aromatic nitrogens is 3. The Morgan fingerprint density at radius 1 is 1.39 bits per heavy atom. The number of amides is 2. The van der Waals surface area contributed by atoms with Gasteiger partial charge in [-0.15, -0.1) is 0 Å². The van der Waals surface area contributed by atoms with Crippen molar-refractivity contribution in [3.8, 4) is 0 Å². The molecule has 0 spiro atoms. The third-order valence-corrected chi connectivity index (χ3v) is 4.77. The zero-order valence-electron chi connectivity index (χ0n) is 16.3. The fourth-order valence-corrected chi connectivity index (χ4v) is 3.33. The van der Waals surface area contributed by atoms with Crippen LogP contribution in [0.4, 0.5) is 10.6 Å². The van der Waals surface area contributed by atoms with Crippen molar-refractivity contribution >= 4 is 17.8 Å². The number of carbonyl (C=O) groups is 2. The van der Waals surface area contributed by atoms with Gasteiger partial charge in [0.2, 0.25) is 5.91 Å². The van der Waals surface area contributed by atoms with Gasteiger partial charge in [0.25, 0.3) is 0 Å². The molecule has 0 saturated heterocycles. The smallest absolute Gasteiger partial charge is 0.407 e. The van der Waals surface area contributed by atoms with Crippen molar-refractivity contribution in [1.82, 2.24) is 20.5 Å². The van der Waals surface area contributed by atoms with Crippen LogP contribution in [0.3, 0.4) is 0 Å². The number of ether oxygens (including phenoxy) is 1. The molecule has 9 heteroatoms. The lowest BCUT2D eigenvalue weighted by Crippen LogP contribution is -2.28. The molecule has 2 heterocycles. The Kier molecular flexibility index (Phi) is 6.67. The van der Waals surface area contributed by atoms with Crippen molar-refractivity contribution in [1.29, 1.82) is 0 Å². The maximum absolute atomic E-state index is 12.1. The Morgan fingerprint density at radius 3 is 3.00 bits per heavy atom. The molecule has 3 N–H and O–H groups in total. The van der Waals surface area contributed by atoms with Crippen LogP contribution in [0.15, 0.2) is 16.7 Å². The number of aryl methyl sites for hydroxylation is 1. The third-order valence-electron chi connectivity index (χ3n) is 4.77. The molecule has 0 aromatic carbocycles. The fraction of sp³-hybridized carbons (Fsp3) is 0.579. The van der Waals surface area contributed by atoms with E-state index in [0.29, 0.717) is 24.0 Å². The zero-order valence-corrected chi connectivity index (χ0v) is 16.3. The molecule has 0 unspecified atom stereocenters. The SMILES string of the molecule is CCCCNC(=O)O[C@@H]1CC[C@H](c2cc(NC(=O)Cc3cnc(C)o3)n[nH]2)C1. The quantitative estimate of drug-likeness (QED) is 0.597. The molecule has 1 saturated carbocycles. The number of nitrogens with zero attached hydrogens (tertiary/aromatic N) is 2. The summed E-state index contributed by atoms with van der Waals surface area (Å²) in [7, 11) is 0. The lowest BCUT2D eigenvalue weighted by Gasteiger charge is -2.13. The second-order valence-corrected chi connectivity index (χ2v) is 7.10. The number of H-pyrrole nitrogens is 1. The normalized spacial score (nSPS) is 18.8. The van der Waals surface area contributed by atoms with Gasteiger partial charge in [0.05, 0.1) is 12.6 Å². The topological polar surface area (TPSA) is 122 Å². The van der Waals surface area contributed by atoms with E-state index in [1.165, 1.54) is 0 Å². The molecule has 3 rings (SSSR count). The Hall–Kier alpha value is -2.84. The number of oxazole rings is 1. The lowest BCUT2D eigenvalue weighted by atomic mass is 10.0. The maximum Gasteiger partial charge on any atom is 0.407 e. The van der Waals surface area contributed by atoms with Crippen LogP contribution >= 0.6 is 0 Å². The Bertz CT molecular complexity index is 800. The molecule has 0 radical (unpaired) electrons. The first-order chi connectivity index (χ1) is 13.5. The first kappa shape index (κ1) is 19.9. The summed E-state index contributed by atoms with van der Waals surface area (Å²) in [5.41, 5.74) is 0.934. The van der Waals surface area contributed by atoms with E-state index < -0.39 is 0 Å². The Labute approximate surface area is 163 Å². The summed E-state index contributed by atoms with van der Waals surface area (Å²) in [4.78, 5) is 27.8. The minimum absolute atomic E-state index is 0.0948. The van der Waals surface area contributed by atoms with Crippen molar-refractivity contribution in [2.45, 2.75) is 64.4 Å². The number of hydrogen-bond acceptors (Lipinski definition) is 6. The highest BCUT2D eigenvalue weighted by Crippen LogP contribution is 2.35. The number of nitrogens with one attached hydrogen (secondary N) is 3. The summed E-state index contributed by atoms with van der Waals surface area (Å²) < 4.78 is 10.8. The first-order valence-electron chi connectivity index (χ1n) is 9.74. The van der Waals surface area contributed by atoms with Crippen molar-refractivity contribution in [2.24, 2.45) is 0 Å². The van der Waals surface area contributed by atoms with E-state index in [4.69, 9.17) is 9.15 Å². The highest BCUT2D eigenvalue weighted by Gasteiger charge is 2.30. The predicted octanol–water partition coefficient (Wildman–Crippen LogP) is 3.05. The fourth-order valence-electron chi connectivity index (χ4n) is 3.33. The van der Waals surface area contributed by atoms with Gasteiger partial charge in [-0.2, -0.15) is 5.10 Å². The number of hydrogen-bond donors (Lipinski definition) is 3. The number of unbranched alkanes of at least 4 members (excludes halogenated alkanes) is 1. The molecule has 2 aromatic rings. The molecule has 28 heavy (non-hydrogen) atoms. The van der Waals surface area contributed by atoms with Gasteiger partial charge in [0.1, 0.15) is 11.9 Å². The van der Waals surface area contributed by atoms with E-state index in [-0.39, 0.29) is 30.4 Å². The van der Waals surface area contributed by atoms with Crippen LogP contribution in [-0.2, 0) is 16.0 Å². The summed E-state index contributed by atoms with van der Waals surface area (Å²) in [5.74, 6) is 1.52. The molecule has 2 atom stereocenters. The second kappa shape index (κ2) is 9.38. The van der Waals surface area contributed by atoms with Crippen molar-refractivity contribution in [3.05, 3.63) is 29.6 Å². The summed E-state index contributed by atoms with van der Waals surface area (Å²) in [6.07, 6.45) is 5.65. The summed E-state index contributed by atoms with van der Waals surface area (Å²) in [6.45, 7) is 4.45. The van der Waals surface area contributed by atoms with E-state index in [1.807, 2.05) is 6.07 Å². The zero-order chi connectivity index (χ0) is 19.9. The van der Waals surface area contributed by atoms with Gasteiger partial charge in [-0.1, -0.05) is 13.3 Å². The van der Waals surface area contributed by atoms with E-state index >= 15 is 0 Å². The number of alkyl carbamates (subject to hydrolysis) is 1. The van der Waals surface area contributed by atoms with Crippen LogP contribution in [0, 0.1) is 6.92 Å². The molecule has 1 aliphatic carbocycles. The van der Waals surface area contributed by atoms with Gasteiger partial charge in [-0.05, 0) is 25.7 Å². The Balaban J connectivity index is 1.45. The minimum Gasteiger partial charge on any atom is -0.446 e. The molecule has 9 nitrogen and oxygen atoms in total. The van der Waals surface area contributed by atoms with Crippen molar-refractivity contribution < 1.29 is 18.7 Å². The van der Waals surface area contributed by atoms with E-state index in [2.05, 4.69) is 32.7 Å². The minimum atomic E-state index is -0.348. The number of carbonyl (C=O) groups excluding carboxylic acids is 2. The first-order valence-corrected chi connectivity index (χ1v) is 9.74. The van der Waals surface area contributed by atoms with Crippen LogP contribution in [0.5, 0.6) is 0 Å². The number of anilines is 1.